The molecule has 2 aliphatic rings. The Kier molecular flexibility index (Phi) is 9.93. The fourth-order valence-electron chi connectivity index (χ4n) is 4.67. The summed E-state index contributed by atoms with van der Waals surface area (Å²) >= 11 is 0. The Bertz CT molecular complexity index is 1210. The molecule has 11 heteroatoms. The van der Waals surface area contributed by atoms with Gasteiger partial charge in [-0.3, -0.25) is 9.69 Å². The number of azide groups is 1. The van der Waals surface area contributed by atoms with Crippen LogP contribution in [-0.4, -0.2) is 80.0 Å². The summed E-state index contributed by atoms with van der Waals surface area (Å²) in [5, 5.41) is 15.9. The zero-order valence-electron chi connectivity index (χ0n) is 21.9. The Labute approximate surface area is 227 Å². The molecule has 2 aromatic carbocycles. The Morgan fingerprint density at radius 2 is 2.05 bits per heavy atom. The first kappa shape index (κ1) is 28.1. The number of morpholine rings is 1. The number of hydrogen-bond donors (Lipinski definition) is 2. The van der Waals surface area contributed by atoms with Gasteiger partial charge in [0.25, 0.3) is 5.91 Å². The van der Waals surface area contributed by atoms with Crippen LogP contribution in [0.25, 0.3) is 10.4 Å². The Balaban J connectivity index is 1.64. The van der Waals surface area contributed by atoms with Crippen LogP contribution in [0.1, 0.15) is 30.1 Å². The number of aliphatic hydroxyl groups excluding tert-OH is 1. The molecular formula is C28H34N6O5. The standard InChI is InChI=1S/C28H34N6O5/c1-2-12-28(27(36)30-13-14-34-15-19-37-20-16-34)25(23-6-3-4-7-24(23)32-33-29)39-26(31-28)21-8-10-22(11-9-21)38-18-5-17-35/h2-4,6-11,25,35H,1,5,12-20H2,(H,30,36)/t25-,28-/m1/s1. The molecule has 0 unspecified atom stereocenters. The van der Waals surface area contributed by atoms with Crippen molar-refractivity contribution in [3.8, 4) is 5.75 Å². The Morgan fingerprint density at radius 3 is 2.77 bits per heavy atom. The van der Waals surface area contributed by atoms with E-state index in [9.17, 15) is 4.79 Å². The van der Waals surface area contributed by atoms with Crippen LogP contribution in [0.5, 0.6) is 5.75 Å². The molecule has 0 aromatic heterocycles. The minimum atomic E-state index is -1.36. The third kappa shape index (κ3) is 6.76. The summed E-state index contributed by atoms with van der Waals surface area (Å²) in [6.45, 7) is 8.48. The van der Waals surface area contributed by atoms with E-state index in [0.29, 0.717) is 67.8 Å². The summed E-state index contributed by atoms with van der Waals surface area (Å²) in [6, 6.07) is 14.2. The molecule has 2 aromatic rings. The van der Waals surface area contributed by atoms with Gasteiger partial charge in [0.2, 0.25) is 5.90 Å². The van der Waals surface area contributed by atoms with Crippen LogP contribution in [0.4, 0.5) is 5.69 Å². The monoisotopic (exact) mass is 534 g/mol. The fourth-order valence-corrected chi connectivity index (χ4v) is 4.67. The minimum absolute atomic E-state index is 0.0569. The quantitative estimate of drug-likeness (QED) is 0.132. The lowest BCUT2D eigenvalue weighted by molar-refractivity contribution is -0.128. The van der Waals surface area contributed by atoms with Crippen LogP contribution in [0, 0.1) is 0 Å². The number of aliphatic hydroxyl groups is 1. The van der Waals surface area contributed by atoms with E-state index in [4.69, 9.17) is 29.8 Å². The van der Waals surface area contributed by atoms with E-state index in [2.05, 4.69) is 26.8 Å². The molecule has 1 amide bonds. The Hall–Kier alpha value is -3.89. The van der Waals surface area contributed by atoms with Crippen molar-refractivity contribution in [1.82, 2.24) is 10.2 Å². The van der Waals surface area contributed by atoms with Crippen LogP contribution in [0.3, 0.4) is 0 Å². The summed E-state index contributed by atoms with van der Waals surface area (Å²) in [5.41, 5.74) is 9.39. The maximum Gasteiger partial charge on any atom is 0.252 e. The van der Waals surface area contributed by atoms with Gasteiger partial charge in [-0.05, 0) is 29.8 Å². The van der Waals surface area contributed by atoms with Crippen LogP contribution in [0.15, 0.2) is 71.3 Å². The van der Waals surface area contributed by atoms with Crippen LogP contribution in [0.2, 0.25) is 0 Å². The number of carbonyl (C=O) groups excluding carboxylic acids is 1. The third-order valence-electron chi connectivity index (χ3n) is 6.67. The largest absolute Gasteiger partial charge is 0.494 e. The molecule has 0 radical (unpaired) electrons. The van der Waals surface area contributed by atoms with Gasteiger partial charge in [-0.25, -0.2) is 4.99 Å². The van der Waals surface area contributed by atoms with E-state index in [1.807, 2.05) is 12.1 Å². The van der Waals surface area contributed by atoms with Crippen molar-refractivity contribution < 1.29 is 24.1 Å². The van der Waals surface area contributed by atoms with Gasteiger partial charge in [0, 0.05) is 67.4 Å². The molecule has 11 nitrogen and oxygen atoms in total. The first-order chi connectivity index (χ1) is 19.1. The maximum atomic E-state index is 13.9. The molecule has 2 aliphatic heterocycles. The molecule has 1 saturated heterocycles. The predicted octanol–water partition coefficient (Wildman–Crippen LogP) is 3.67. The smallest absolute Gasteiger partial charge is 0.252 e. The van der Waals surface area contributed by atoms with Gasteiger partial charge in [0.05, 0.1) is 19.8 Å². The molecule has 2 heterocycles. The van der Waals surface area contributed by atoms with Crippen molar-refractivity contribution in [2.75, 3.05) is 52.6 Å². The van der Waals surface area contributed by atoms with E-state index < -0.39 is 11.6 Å². The van der Waals surface area contributed by atoms with Crippen LogP contribution < -0.4 is 10.1 Å². The highest BCUT2D eigenvalue weighted by molar-refractivity contribution is 6.01. The number of amides is 1. The lowest BCUT2D eigenvalue weighted by atomic mass is 9.84. The lowest BCUT2D eigenvalue weighted by Gasteiger charge is -2.31. The van der Waals surface area contributed by atoms with Gasteiger partial charge in [0.1, 0.15) is 5.75 Å². The van der Waals surface area contributed by atoms with Crippen LogP contribution >= 0.6 is 0 Å². The highest BCUT2D eigenvalue weighted by Crippen LogP contribution is 2.45. The molecule has 2 N–H and O–H groups in total. The van der Waals surface area contributed by atoms with E-state index in [1.54, 1.807) is 42.5 Å². The second-order valence-corrected chi connectivity index (χ2v) is 9.24. The van der Waals surface area contributed by atoms with Gasteiger partial charge in [-0.15, -0.1) is 6.58 Å². The van der Waals surface area contributed by atoms with Crippen molar-refractivity contribution >= 4 is 17.5 Å². The average molecular weight is 535 g/mol. The maximum absolute atomic E-state index is 13.9. The predicted molar refractivity (Wildman–Crippen MR) is 147 cm³/mol. The van der Waals surface area contributed by atoms with Gasteiger partial charge >= 0.3 is 0 Å². The lowest BCUT2D eigenvalue weighted by Crippen LogP contribution is -2.50. The van der Waals surface area contributed by atoms with Crippen molar-refractivity contribution in [2.45, 2.75) is 24.5 Å². The molecule has 0 saturated carbocycles. The van der Waals surface area contributed by atoms with Crippen molar-refractivity contribution in [1.29, 1.82) is 0 Å². The first-order valence-corrected chi connectivity index (χ1v) is 13.0. The zero-order valence-corrected chi connectivity index (χ0v) is 21.9. The fraction of sp³-hybridized carbons (Fsp3) is 0.429. The van der Waals surface area contributed by atoms with Crippen molar-refractivity contribution in [3.05, 3.63) is 82.8 Å². The van der Waals surface area contributed by atoms with Crippen molar-refractivity contribution in [2.24, 2.45) is 10.1 Å². The van der Waals surface area contributed by atoms with E-state index in [0.717, 1.165) is 13.1 Å². The van der Waals surface area contributed by atoms with Gasteiger partial charge in [-0.2, -0.15) is 0 Å². The molecule has 39 heavy (non-hydrogen) atoms. The number of aliphatic imine (C=N–C) groups is 1. The summed E-state index contributed by atoms with van der Waals surface area (Å²) in [7, 11) is 0. The number of carbonyl (C=O) groups is 1. The highest BCUT2D eigenvalue weighted by Gasteiger charge is 2.52. The van der Waals surface area contributed by atoms with E-state index >= 15 is 0 Å². The number of nitrogens with zero attached hydrogens (tertiary/aromatic N) is 5. The molecule has 0 aliphatic carbocycles. The number of hydrogen-bond acceptors (Lipinski definition) is 8. The Morgan fingerprint density at radius 1 is 1.28 bits per heavy atom. The van der Waals surface area contributed by atoms with E-state index in [1.165, 1.54) is 0 Å². The average Bonchev–Trinajstić information content (AvgIpc) is 3.35. The SMILES string of the molecule is C=CC[C@@]1(C(=O)NCCN2CCOCC2)N=C(c2ccc(OCCCO)cc2)O[C@@H]1c1ccccc1N=[N+]=[N-]. The molecule has 2 atom stereocenters. The zero-order chi connectivity index (χ0) is 27.5. The van der Waals surface area contributed by atoms with Crippen LogP contribution in [-0.2, 0) is 14.3 Å². The molecule has 4 rings (SSSR count). The summed E-state index contributed by atoms with van der Waals surface area (Å²) in [6.07, 6.45) is 1.54. The molecule has 1 fully saturated rings. The summed E-state index contributed by atoms with van der Waals surface area (Å²) in [4.78, 5) is 24.0. The second-order valence-electron chi connectivity index (χ2n) is 9.24. The molecule has 206 valence electrons. The summed E-state index contributed by atoms with van der Waals surface area (Å²) in [5.74, 6) is 0.646. The number of nitrogens with one attached hydrogen (secondary N) is 1. The van der Waals surface area contributed by atoms with Gasteiger partial charge in [-0.1, -0.05) is 35.5 Å². The normalized spacial score (nSPS) is 20.8. The topological polar surface area (TPSA) is 141 Å². The molecular weight excluding hydrogens is 500 g/mol. The number of ether oxygens (including phenoxy) is 3. The molecule has 0 spiro atoms. The van der Waals surface area contributed by atoms with Gasteiger partial charge in [0.15, 0.2) is 11.6 Å². The second kappa shape index (κ2) is 13.8. The highest BCUT2D eigenvalue weighted by atomic mass is 16.5. The van der Waals surface area contributed by atoms with Gasteiger partial charge < -0.3 is 24.6 Å². The number of benzene rings is 2. The minimum Gasteiger partial charge on any atom is -0.494 e. The van der Waals surface area contributed by atoms with E-state index in [-0.39, 0.29) is 18.9 Å². The number of rotatable bonds is 13. The third-order valence-corrected chi connectivity index (χ3v) is 6.67. The summed E-state index contributed by atoms with van der Waals surface area (Å²) < 4.78 is 17.4. The first-order valence-electron chi connectivity index (χ1n) is 13.0. The molecule has 0 bridgehead atoms. The van der Waals surface area contributed by atoms with Crippen molar-refractivity contribution in [3.63, 3.8) is 0 Å².